The molecule has 2 aromatic heterocycles. The number of fused-ring (bicyclic) bond motifs is 1. The number of aromatic nitrogens is 2. The van der Waals surface area contributed by atoms with Crippen molar-refractivity contribution < 1.29 is 4.42 Å². The van der Waals surface area contributed by atoms with Crippen LogP contribution in [0.3, 0.4) is 0 Å². The van der Waals surface area contributed by atoms with Crippen molar-refractivity contribution in [3.05, 3.63) is 63.6 Å². The fourth-order valence-electron chi connectivity index (χ4n) is 2.37. The number of furan rings is 1. The highest BCUT2D eigenvalue weighted by Crippen LogP contribution is 2.32. The summed E-state index contributed by atoms with van der Waals surface area (Å²) in [7, 11) is 0. The predicted octanol–water partition coefficient (Wildman–Crippen LogP) is 6.45. The topological polar surface area (TPSA) is 41.8 Å². The van der Waals surface area contributed by atoms with Crippen molar-refractivity contribution in [3.8, 4) is 22.9 Å². The van der Waals surface area contributed by atoms with Crippen LogP contribution < -0.4 is 0 Å². The Hall–Kier alpha value is -1.94. The lowest BCUT2D eigenvalue weighted by Gasteiger charge is -1.99. The van der Waals surface area contributed by atoms with Gasteiger partial charge in [-0.1, -0.05) is 34.8 Å². The molecule has 0 aliphatic heterocycles. The van der Waals surface area contributed by atoms with Gasteiger partial charge in [-0.3, -0.25) is 0 Å². The molecule has 0 radical (unpaired) electrons. The SMILES string of the molecule is Clc1ccc2nc(-c3ccc(-c4ccc(Cl)c(Cl)c4)o3)[nH]c2c1. The number of hydrogen-bond acceptors (Lipinski definition) is 2. The molecule has 0 aliphatic carbocycles. The first kappa shape index (κ1) is 14.6. The second kappa shape index (κ2) is 5.60. The molecule has 0 aliphatic rings. The summed E-state index contributed by atoms with van der Waals surface area (Å²) in [5.74, 6) is 1.98. The smallest absolute Gasteiger partial charge is 0.174 e. The van der Waals surface area contributed by atoms with Crippen LogP contribution in [-0.2, 0) is 0 Å². The first-order valence-electron chi connectivity index (χ1n) is 6.81. The highest BCUT2D eigenvalue weighted by Gasteiger charge is 2.12. The first-order valence-corrected chi connectivity index (χ1v) is 7.94. The molecule has 2 aromatic carbocycles. The van der Waals surface area contributed by atoms with E-state index in [1.54, 1.807) is 18.2 Å². The van der Waals surface area contributed by atoms with E-state index in [1.807, 2.05) is 30.3 Å². The van der Waals surface area contributed by atoms with Crippen molar-refractivity contribution in [2.24, 2.45) is 0 Å². The fourth-order valence-corrected chi connectivity index (χ4v) is 2.84. The molecule has 0 saturated heterocycles. The van der Waals surface area contributed by atoms with Gasteiger partial charge in [-0.2, -0.15) is 0 Å². The number of H-pyrrole nitrogens is 1. The summed E-state index contributed by atoms with van der Waals surface area (Å²) in [5, 5.41) is 1.65. The van der Waals surface area contributed by atoms with E-state index >= 15 is 0 Å². The minimum atomic E-state index is 0.487. The fraction of sp³-hybridized carbons (Fsp3) is 0. The van der Waals surface area contributed by atoms with Gasteiger partial charge >= 0.3 is 0 Å². The average Bonchev–Trinajstić information content (AvgIpc) is 3.15. The van der Waals surface area contributed by atoms with E-state index in [4.69, 9.17) is 39.2 Å². The molecule has 0 atom stereocenters. The normalized spacial score (nSPS) is 11.3. The number of aromatic amines is 1. The van der Waals surface area contributed by atoms with Crippen LogP contribution in [0.2, 0.25) is 15.1 Å². The van der Waals surface area contributed by atoms with Crippen LogP contribution in [-0.4, -0.2) is 9.97 Å². The summed E-state index contributed by atoms with van der Waals surface area (Å²) in [4.78, 5) is 7.71. The van der Waals surface area contributed by atoms with E-state index in [0.717, 1.165) is 16.6 Å². The lowest BCUT2D eigenvalue weighted by molar-refractivity contribution is 0.593. The predicted molar refractivity (Wildman–Crippen MR) is 94.3 cm³/mol. The Bertz CT molecular complexity index is 1020. The maximum absolute atomic E-state index is 6.05. The Morgan fingerprint density at radius 3 is 2.48 bits per heavy atom. The molecule has 2 heterocycles. The number of nitrogens with zero attached hydrogens (tertiary/aromatic N) is 1. The molecule has 4 aromatic rings. The lowest BCUT2D eigenvalue weighted by Crippen LogP contribution is -1.76. The van der Waals surface area contributed by atoms with E-state index in [-0.39, 0.29) is 0 Å². The molecular weight excluding hydrogens is 355 g/mol. The van der Waals surface area contributed by atoms with E-state index in [0.29, 0.717) is 32.4 Å². The summed E-state index contributed by atoms with van der Waals surface area (Å²) >= 11 is 18.0. The molecule has 114 valence electrons. The largest absolute Gasteiger partial charge is 0.453 e. The molecule has 0 spiro atoms. The number of benzene rings is 2. The van der Waals surface area contributed by atoms with Crippen LogP contribution in [0.1, 0.15) is 0 Å². The molecular formula is C17H9Cl3N2O. The number of imidazole rings is 1. The van der Waals surface area contributed by atoms with Crippen molar-refractivity contribution in [1.82, 2.24) is 9.97 Å². The van der Waals surface area contributed by atoms with Crippen molar-refractivity contribution >= 4 is 45.8 Å². The molecule has 0 bridgehead atoms. The Morgan fingerprint density at radius 1 is 0.826 bits per heavy atom. The van der Waals surface area contributed by atoms with Gasteiger partial charge in [0.05, 0.1) is 21.1 Å². The molecule has 0 unspecified atom stereocenters. The molecule has 23 heavy (non-hydrogen) atoms. The third-order valence-corrected chi connectivity index (χ3v) is 4.46. The van der Waals surface area contributed by atoms with Crippen LogP contribution in [0.25, 0.3) is 33.9 Å². The van der Waals surface area contributed by atoms with Crippen molar-refractivity contribution in [1.29, 1.82) is 0 Å². The summed E-state index contributed by atoms with van der Waals surface area (Å²) in [6.07, 6.45) is 0. The molecule has 4 rings (SSSR count). The summed E-state index contributed by atoms with van der Waals surface area (Å²) in [6, 6.07) is 14.6. The minimum absolute atomic E-state index is 0.487. The Balaban J connectivity index is 1.75. The monoisotopic (exact) mass is 362 g/mol. The average molecular weight is 364 g/mol. The van der Waals surface area contributed by atoms with E-state index in [9.17, 15) is 0 Å². The van der Waals surface area contributed by atoms with Crippen LogP contribution in [0.5, 0.6) is 0 Å². The highest BCUT2D eigenvalue weighted by molar-refractivity contribution is 6.42. The maximum atomic E-state index is 6.05. The van der Waals surface area contributed by atoms with Gasteiger partial charge in [-0.15, -0.1) is 0 Å². The number of halogens is 3. The highest BCUT2D eigenvalue weighted by atomic mass is 35.5. The van der Waals surface area contributed by atoms with Crippen LogP contribution in [0.4, 0.5) is 0 Å². The first-order chi connectivity index (χ1) is 11.1. The molecule has 1 N–H and O–H groups in total. The van der Waals surface area contributed by atoms with E-state index < -0.39 is 0 Å². The standard InChI is InChI=1S/C17H9Cl3N2O/c18-10-2-4-13-14(8-10)22-17(21-13)16-6-5-15(23-16)9-1-3-11(19)12(20)7-9/h1-8H,(H,21,22). The van der Waals surface area contributed by atoms with Gasteiger partial charge in [-0.25, -0.2) is 4.98 Å². The van der Waals surface area contributed by atoms with Crippen molar-refractivity contribution in [2.75, 3.05) is 0 Å². The van der Waals surface area contributed by atoms with E-state index in [2.05, 4.69) is 9.97 Å². The van der Waals surface area contributed by atoms with Gasteiger partial charge in [0.1, 0.15) is 5.76 Å². The second-order valence-corrected chi connectivity index (χ2v) is 6.29. The quantitative estimate of drug-likeness (QED) is 0.444. The van der Waals surface area contributed by atoms with Gasteiger partial charge in [0, 0.05) is 10.6 Å². The zero-order valence-electron chi connectivity index (χ0n) is 11.6. The summed E-state index contributed by atoms with van der Waals surface area (Å²) in [6.45, 7) is 0. The molecule has 3 nitrogen and oxygen atoms in total. The van der Waals surface area contributed by atoms with E-state index in [1.165, 1.54) is 0 Å². The van der Waals surface area contributed by atoms with Gasteiger partial charge in [0.2, 0.25) is 0 Å². The number of nitrogens with one attached hydrogen (secondary N) is 1. The molecule has 0 amide bonds. The zero-order valence-corrected chi connectivity index (χ0v) is 13.9. The van der Waals surface area contributed by atoms with Crippen LogP contribution >= 0.6 is 34.8 Å². The summed E-state index contributed by atoms with van der Waals surface area (Å²) < 4.78 is 5.88. The van der Waals surface area contributed by atoms with Crippen molar-refractivity contribution in [3.63, 3.8) is 0 Å². The number of rotatable bonds is 2. The van der Waals surface area contributed by atoms with Crippen molar-refractivity contribution in [2.45, 2.75) is 0 Å². The summed E-state index contributed by atoms with van der Waals surface area (Å²) in [5.41, 5.74) is 2.54. The third kappa shape index (κ3) is 2.72. The lowest BCUT2D eigenvalue weighted by atomic mass is 10.2. The van der Waals surface area contributed by atoms with Gasteiger partial charge in [-0.05, 0) is 48.5 Å². The third-order valence-electron chi connectivity index (χ3n) is 3.49. The maximum Gasteiger partial charge on any atom is 0.174 e. The van der Waals surface area contributed by atoms with Crippen LogP contribution in [0.15, 0.2) is 52.9 Å². The number of hydrogen-bond donors (Lipinski definition) is 1. The van der Waals surface area contributed by atoms with Gasteiger partial charge in [0.25, 0.3) is 0 Å². The molecule has 6 heteroatoms. The van der Waals surface area contributed by atoms with Gasteiger partial charge in [0.15, 0.2) is 11.6 Å². The Kier molecular flexibility index (Phi) is 3.57. The van der Waals surface area contributed by atoms with Crippen LogP contribution in [0, 0.1) is 0 Å². The Labute approximate surface area is 146 Å². The zero-order chi connectivity index (χ0) is 16.0. The molecule has 0 saturated carbocycles. The minimum Gasteiger partial charge on any atom is -0.453 e. The second-order valence-electron chi connectivity index (χ2n) is 5.04. The van der Waals surface area contributed by atoms with Gasteiger partial charge < -0.3 is 9.40 Å². The molecule has 0 fully saturated rings. The Morgan fingerprint density at radius 2 is 1.65 bits per heavy atom.